The molecule has 1 aromatic carbocycles. The maximum Gasteiger partial charge on any atom is 0.0406 e. The third-order valence-electron chi connectivity index (χ3n) is 3.96. The van der Waals surface area contributed by atoms with Crippen LogP contribution in [0.2, 0.25) is 5.02 Å². The van der Waals surface area contributed by atoms with E-state index in [1.54, 1.807) is 0 Å². The summed E-state index contributed by atoms with van der Waals surface area (Å²) in [6.45, 7) is 2.26. The van der Waals surface area contributed by atoms with Gasteiger partial charge < -0.3 is 5.32 Å². The van der Waals surface area contributed by atoms with E-state index in [2.05, 4.69) is 17.4 Å². The average molecular weight is 266 g/mol. The van der Waals surface area contributed by atoms with E-state index in [4.69, 9.17) is 11.6 Å². The molecule has 0 atom stereocenters. The quantitative estimate of drug-likeness (QED) is 0.750. The van der Waals surface area contributed by atoms with Crippen LogP contribution in [0.1, 0.15) is 44.1 Å². The molecule has 0 spiro atoms. The zero-order valence-corrected chi connectivity index (χ0v) is 11.9. The van der Waals surface area contributed by atoms with Crippen molar-refractivity contribution in [2.75, 3.05) is 13.1 Å². The predicted molar refractivity (Wildman–Crippen MR) is 79.2 cm³/mol. The van der Waals surface area contributed by atoms with Gasteiger partial charge in [0.2, 0.25) is 0 Å². The highest BCUT2D eigenvalue weighted by Crippen LogP contribution is 2.25. The second-order valence-corrected chi connectivity index (χ2v) is 5.86. The molecule has 0 aliphatic heterocycles. The highest BCUT2D eigenvalue weighted by atomic mass is 35.5. The summed E-state index contributed by atoms with van der Waals surface area (Å²) in [5.41, 5.74) is 1.37. The van der Waals surface area contributed by atoms with E-state index in [1.807, 2.05) is 12.1 Å². The van der Waals surface area contributed by atoms with Crippen molar-refractivity contribution in [3.63, 3.8) is 0 Å². The molecule has 1 nitrogen and oxygen atoms in total. The summed E-state index contributed by atoms with van der Waals surface area (Å²) in [5, 5.41) is 4.39. The van der Waals surface area contributed by atoms with Crippen LogP contribution in [-0.4, -0.2) is 13.1 Å². The Morgan fingerprint density at radius 1 is 1.00 bits per heavy atom. The van der Waals surface area contributed by atoms with Crippen LogP contribution in [0.4, 0.5) is 0 Å². The Labute approximate surface area is 116 Å². The van der Waals surface area contributed by atoms with Gasteiger partial charge in [-0.1, -0.05) is 55.8 Å². The van der Waals surface area contributed by atoms with E-state index < -0.39 is 0 Å². The first-order chi connectivity index (χ1) is 8.84. The average Bonchev–Trinajstić information content (AvgIpc) is 2.42. The molecule has 1 fully saturated rings. The number of rotatable bonds is 6. The molecule has 0 saturated heterocycles. The summed E-state index contributed by atoms with van der Waals surface area (Å²) in [5.74, 6) is 0.988. The van der Waals surface area contributed by atoms with E-state index in [9.17, 15) is 0 Å². The lowest BCUT2D eigenvalue weighted by Crippen LogP contribution is -2.21. The van der Waals surface area contributed by atoms with E-state index in [0.29, 0.717) is 0 Å². The van der Waals surface area contributed by atoms with E-state index in [0.717, 1.165) is 23.9 Å². The van der Waals surface area contributed by atoms with E-state index >= 15 is 0 Å². The minimum absolute atomic E-state index is 0.823. The van der Waals surface area contributed by atoms with E-state index in [-0.39, 0.29) is 0 Å². The monoisotopic (exact) mass is 265 g/mol. The van der Waals surface area contributed by atoms with Crippen LogP contribution in [0.5, 0.6) is 0 Å². The number of nitrogens with one attached hydrogen (secondary N) is 1. The van der Waals surface area contributed by atoms with Gasteiger partial charge in [0, 0.05) is 5.02 Å². The topological polar surface area (TPSA) is 12.0 Å². The van der Waals surface area contributed by atoms with Crippen LogP contribution in [0, 0.1) is 5.92 Å². The summed E-state index contributed by atoms with van der Waals surface area (Å²) in [4.78, 5) is 0. The Bertz CT molecular complexity index is 327. The first-order valence-corrected chi connectivity index (χ1v) is 7.67. The smallest absolute Gasteiger partial charge is 0.0406 e. The first kappa shape index (κ1) is 13.9. The molecule has 0 aromatic heterocycles. The zero-order valence-electron chi connectivity index (χ0n) is 11.1. The van der Waals surface area contributed by atoms with Crippen molar-refractivity contribution in [2.45, 2.75) is 44.9 Å². The lowest BCUT2D eigenvalue weighted by atomic mass is 9.87. The molecule has 1 aliphatic carbocycles. The minimum Gasteiger partial charge on any atom is -0.316 e. The molecule has 18 heavy (non-hydrogen) atoms. The molecular weight excluding hydrogens is 242 g/mol. The molecule has 1 aliphatic rings. The van der Waals surface area contributed by atoms with E-state index in [1.165, 1.54) is 50.6 Å². The van der Waals surface area contributed by atoms with Crippen molar-refractivity contribution < 1.29 is 0 Å². The van der Waals surface area contributed by atoms with Crippen LogP contribution in [0.3, 0.4) is 0 Å². The van der Waals surface area contributed by atoms with Crippen LogP contribution >= 0.6 is 11.6 Å². The van der Waals surface area contributed by atoms with Crippen molar-refractivity contribution in [2.24, 2.45) is 5.92 Å². The van der Waals surface area contributed by atoms with Crippen LogP contribution < -0.4 is 5.32 Å². The molecule has 1 N–H and O–H groups in total. The standard InChI is InChI=1S/C16H24ClN/c17-16-8-6-15(7-9-16)11-13-18-12-10-14-4-2-1-3-5-14/h6-9,14,18H,1-5,10-13H2. The van der Waals surface area contributed by atoms with Crippen molar-refractivity contribution in [3.05, 3.63) is 34.9 Å². The zero-order chi connectivity index (χ0) is 12.6. The maximum atomic E-state index is 5.87. The Morgan fingerprint density at radius 2 is 1.72 bits per heavy atom. The first-order valence-electron chi connectivity index (χ1n) is 7.30. The van der Waals surface area contributed by atoms with Gasteiger partial charge >= 0.3 is 0 Å². The van der Waals surface area contributed by atoms with Crippen molar-refractivity contribution in [1.29, 1.82) is 0 Å². The normalized spacial score (nSPS) is 16.9. The minimum atomic E-state index is 0.823. The molecule has 0 heterocycles. The predicted octanol–water partition coefficient (Wildman–Crippen LogP) is 4.44. The number of halogens is 1. The van der Waals surface area contributed by atoms with Crippen LogP contribution in [0.15, 0.2) is 24.3 Å². The largest absolute Gasteiger partial charge is 0.316 e. The number of benzene rings is 1. The fraction of sp³-hybridized carbons (Fsp3) is 0.625. The Kier molecular flexibility index (Phi) is 6.02. The molecule has 0 amide bonds. The van der Waals surface area contributed by atoms with Crippen LogP contribution in [0.25, 0.3) is 0 Å². The third kappa shape index (κ3) is 4.99. The SMILES string of the molecule is Clc1ccc(CCNCCC2CCCCC2)cc1. The molecule has 100 valence electrons. The number of hydrogen-bond donors (Lipinski definition) is 1. The van der Waals surface area contributed by atoms with Gasteiger partial charge in [-0.2, -0.15) is 0 Å². The summed E-state index contributed by atoms with van der Waals surface area (Å²) < 4.78 is 0. The molecule has 0 radical (unpaired) electrons. The molecule has 2 heteroatoms. The highest BCUT2D eigenvalue weighted by Gasteiger charge is 2.12. The summed E-state index contributed by atoms with van der Waals surface area (Å²) in [6, 6.07) is 8.17. The van der Waals surface area contributed by atoms with Gasteiger partial charge in [-0.25, -0.2) is 0 Å². The molecule has 0 bridgehead atoms. The lowest BCUT2D eigenvalue weighted by molar-refractivity contribution is 0.334. The molecular formula is C16H24ClN. The Morgan fingerprint density at radius 3 is 2.44 bits per heavy atom. The fourth-order valence-corrected chi connectivity index (χ4v) is 2.92. The second kappa shape index (κ2) is 7.81. The summed E-state index contributed by atoms with van der Waals surface area (Å²) in [7, 11) is 0. The van der Waals surface area contributed by atoms with Gasteiger partial charge in [-0.05, 0) is 49.5 Å². The fourth-order valence-electron chi connectivity index (χ4n) is 2.79. The van der Waals surface area contributed by atoms with Gasteiger partial charge in [0.05, 0.1) is 0 Å². The lowest BCUT2D eigenvalue weighted by Gasteiger charge is -2.21. The summed E-state index contributed by atoms with van der Waals surface area (Å²) >= 11 is 5.87. The van der Waals surface area contributed by atoms with Crippen molar-refractivity contribution in [3.8, 4) is 0 Å². The van der Waals surface area contributed by atoms with Crippen molar-refractivity contribution >= 4 is 11.6 Å². The van der Waals surface area contributed by atoms with Gasteiger partial charge in [-0.3, -0.25) is 0 Å². The summed E-state index contributed by atoms with van der Waals surface area (Å²) in [6.07, 6.45) is 9.74. The third-order valence-corrected chi connectivity index (χ3v) is 4.21. The molecule has 0 unspecified atom stereocenters. The molecule has 1 aromatic rings. The second-order valence-electron chi connectivity index (χ2n) is 5.42. The Hall–Kier alpha value is -0.530. The van der Waals surface area contributed by atoms with Gasteiger partial charge in [0.25, 0.3) is 0 Å². The van der Waals surface area contributed by atoms with Crippen LogP contribution in [-0.2, 0) is 6.42 Å². The highest BCUT2D eigenvalue weighted by molar-refractivity contribution is 6.30. The van der Waals surface area contributed by atoms with Gasteiger partial charge in [0.1, 0.15) is 0 Å². The number of hydrogen-bond acceptors (Lipinski definition) is 1. The van der Waals surface area contributed by atoms with Gasteiger partial charge in [-0.15, -0.1) is 0 Å². The molecule has 1 saturated carbocycles. The van der Waals surface area contributed by atoms with Gasteiger partial charge in [0.15, 0.2) is 0 Å². The maximum absolute atomic E-state index is 5.87. The van der Waals surface area contributed by atoms with Crippen molar-refractivity contribution in [1.82, 2.24) is 5.32 Å². The Balaban J connectivity index is 1.54. The molecule has 2 rings (SSSR count).